The van der Waals surface area contributed by atoms with Gasteiger partial charge in [-0.1, -0.05) is 27.2 Å². The highest BCUT2D eigenvalue weighted by atomic mass is 32.2. The van der Waals surface area contributed by atoms with Crippen molar-refractivity contribution in [3.05, 3.63) is 0 Å². The van der Waals surface area contributed by atoms with Crippen molar-refractivity contribution in [3.8, 4) is 0 Å². The number of carboxylic acid groups (broad SMARTS) is 1. The Balaban J connectivity index is 2.29. The summed E-state index contributed by atoms with van der Waals surface area (Å²) in [6.45, 7) is 7.72. The van der Waals surface area contributed by atoms with Gasteiger partial charge in [0.15, 0.2) is 0 Å². The lowest BCUT2D eigenvalue weighted by Crippen LogP contribution is -2.53. The van der Waals surface area contributed by atoms with Crippen LogP contribution >= 0.6 is 11.8 Å². The van der Waals surface area contributed by atoms with Gasteiger partial charge in [-0.15, -0.1) is 11.8 Å². The maximum absolute atomic E-state index is 13.2. The third kappa shape index (κ3) is 3.06. The van der Waals surface area contributed by atoms with E-state index in [1.807, 2.05) is 0 Å². The molecule has 0 aromatic heterocycles. The molecule has 1 amide bonds. The fraction of sp³-hybridized carbons (Fsp3) is 0.867. The smallest absolute Gasteiger partial charge is 0.327 e. The molecule has 21 heavy (non-hydrogen) atoms. The Hall–Kier alpha value is -0.750. The Labute approximate surface area is 130 Å². The average Bonchev–Trinajstić information content (AvgIpc) is 3.05. The van der Waals surface area contributed by atoms with E-state index in [4.69, 9.17) is 0 Å². The zero-order valence-corrected chi connectivity index (χ0v) is 13.9. The topological polar surface area (TPSA) is 69.6 Å². The number of carboxylic acids is 1. The Bertz CT molecular complexity index is 408. The quantitative estimate of drug-likeness (QED) is 0.809. The van der Waals surface area contributed by atoms with Crippen LogP contribution < -0.4 is 5.32 Å². The van der Waals surface area contributed by atoms with E-state index in [1.165, 1.54) is 0 Å². The minimum absolute atomic E-state index is 0.0204. The molecule has 0 aliphatic carbocycles. The van der Waals surface area contributed by atoms with Crippen LogP contribution in [0.25, 0.3) is 0 Å². The summed E-state index contributed by atoms with van der Waals surface area (Å²) < 4.78 is 0. The largest absolute Gasteiger partial charge is 0.480 e. The Kier molecular flexibility index (Phi) is 5.20. The molecule has 0 radical (unpaired) electrons. The maximum Gasteiger partial charge on any atom is 0.327 e. The summed E-state index contributed by atoms with van der Waals surface area (Å²) in [5, 5.41) is 12.7. The van der Waals surface area contributed by atoms with Crippen molar-refractivity contribution in [2.24, 2.45) is 11.3 Å². The number of aliphatic carboxylic acids is 1. The molecule has 0 bridgehead atoms. The fourth-order valence-corrected chi connectivity index (χ4v) is 4.96. The summed E-state index contributed by atoms with van der Waals surface area (Å²) in [6.07, 6.45) is 2.59. The van der Waals surface area contributed by atoms with E-state index in [0.29, 0.717) is 12.3 Å². The third-order valence-corrected chi connectivity index (χ3v) is 6.17. The van der Waals surface area contributed by atoms with Gasteiger partial charge >= 0.3 is 5.97 Å². The van der Waals surface area contributed by atoms with Crippen LogP contribution in [-0.2, 0) is 9.59 Å². The molecule has 2 saturated heterocycles. The number of hydrogen-bond donors (Lipinski definition) is 2. The van der Waals surface area contributed by atoms with E-state index in [0.717, 1.165) is 25.8 Å². The first-order valence-electron chi connectivity index (χ1n) is 7.81. The molecule has 2 heterocycles. The SMILES string of the molecule is CCCC1(C(=O)N2C(C(=O)O)CSC2C(C)C)CCNC1. The van der Waals surface area contributed by atoms with Gasteiger partial charge in [0.25, 0.3) is 0 Å². The highest BCUT2D eigenvalue weighted by molar-refractivity contribution is 8.00. The van der Waals surface area contributed by atoms with Crippen molar-refractivity contribution in [2.75, 3.05) is 18.8 Å². The molecule has 0 saturated carbocycles. The minimum Gasteiger partial charge on any atom is -0.480 e. The van der Waals surface area contributed by atoms with Crippen molar-refractivity contribution in [3.63, 3.8) is 0 Å². The predicted octanol–water partition coefficient (Wildman–Crippen LogP) is 1.78. The zero-order chi connectivity index (χ0) is 15.6. The van der Waals surface area contributed by atoms with Crippen LogP contribution in [0.5, 0.6) is 0 Å². The summed E-state index contributed by atoms with van der Waals surface area (Å²) in [7, 11) is 0. The van der Waals surface area contributed by atoms with Crippen molar-refractivity contribution in [1.82, 2.24) is 10.2 Å². The van der Waals surface area contributed by atoms with E-state index >= 15 is 0 Å². The number of hydrogen-bond acceptors (Lipinski definition) is 4. The molecule has 0 aromatic rings. The Morgan fingerprint density at radius 2 is 2.19 bits per heavy atom. The normalized spacial score (nSPS) is 32.9. The molecule has 0 spiro atoms. The summed E-state index contributed by atoms with van der Waals surface area (Å²) in [5.41, 5.74) is -0.402. The number of amides is 1. The predicted molar refractivity (Wildman–Crippen MR) is 84.2 cm³/mol. The van der Waals surface area contributed by atoms with Crippen LogP contribution in [0, 0.1) is 11.3 Å². The lowest BCUT2D eigenvalue weighted by molar-refractivity contribution is -0.154. The highest BCUT2D eigenvalue weighted by Crippen LogP contribution is 2.41. The third-order valence-electron chi connectivity index (χ3n) is 4.55. The van der Waals surface area contributed by atoms with Gasteiger partial charge in [-0.05, 0) is 25.3 Å². The van der Waals surface area contributed by atoms with Crippen LogP contribution in [-0.4, -0.2) is 52.1 Å². The number of nitrogens with zero attached hydrogens (tertiary/aromatic N) is 1. The van der Waals surface area contributed by atoms with Crippen LogP contribution in [0.15, 0.2) is 0 Å². The summed E-state index contributed by atoms with van der Waals surface area (Å²) >= 11 is 1.60. The number of nitrogens with one attached hydrogen (secondary N) is 1. The fourth-order valence-electron chi connectivity index (χ4n) is 3.49. The zero-order valence-electron chi connectivity index (χ0n) is 13.1. The maximum atomic E-state index is 13.2. The minimum atomic E-state index is -0.878. The molecule has 120 valence electrons. The van der Waals surface area contributed by atoms with Crippen LogP contribution in [0.2, 0.25) is 0 Å². The van der Waals surface area contributed by atoms with E-state index in [1.54, 1.807) is 16.7 Å². The molecule has 2 fully saturated rings. The summed E-state index contributed by atoms with van der Waals surface area (Å²) in [4.78, 5) is 26.4. The van der Waals surface area contributed by atoms with Crippen molar-refractivity contribution in [2.45, 2.75) is 51.4 Å². The molecule has 2 N–H and O–H groups in total. The average molecular weight is 314 g/mol. The van der Waals surface area contributed by atoms with Crippen LogP contribution in [0.3, 0.4) is 0 Å². The monoisotopic (exact) mass is 314 g/mol. The van der Waals surface area contributed by atoms with E-state index in [9.17, 15) is 14.7 Å². The van der Waals surface area contributed by atoms with Gasteiger partial charge in [0.05, 0.1) is 10.8 Å². The summed E-state index contributed by atoms with van der Waals surface area (Å²) in [5.74, 6) is -0.0714. The van der Waals surface area contributed by atoms with Crippen molar-refractivity contribution in [1.29, 1.82) is 0 Å². The standard InChI is InChI=1S/C15H26N2O3S/c1-4-5-15(6-7-16-9-15)14(20)17-11(13(18)19)8-21-12(17)10(2)3/h10-12,16H,4-9H2,1-3H3,(H,18,19). The second-order valence-electron chi connectivity index (χ2n) is 6.49. The van der Waals surface area contributed by atoms with Crippen molar-refractivity contribution >= 4 is 23.6 Å². The number of rotatable bonds is 5. The Morgan fingerprint density at radius 3 is 2.67 bits per heavy atom. The lowest BCUT2D eigenvalue weighted by Gasteiger charge is -2.37. The molecule has 5 nitrogen and oxygen atoms in total. The van der Waals surface area contributed by atoms with Gasteiger partial charge in [-0.2, -0.15) is 0 Å². The molecular weight excluding hydrogens is 288 g/mol. The molecule has 2 aliphatic rings. The Morgan fingerprint density at radius 1 is 1.48 bits per heavy atom. The van der Waals surface area contributed by atoms with Gasteiger partial charge in [-0.25, -0.2) is 4.79 Å². The van der Waals surface area contributed by atoms with Gasteiger partial charge in [-0.3, -0.25) is 4.79 Å². The second-order valence-corrected chi connectivity index (χ2v) is 7.64. The molecule has 3 atom stereocenters. The summed E-state index contributed by atoms with van der Waals surface area (Å²) in [6, 6.07) is -0.677. The number of carbonyl (C=O) groups excluding carboxylic acids is 1. The highest BCUT2D eigenvalue weighted by Gasteiger charge is 2.50. The molecular formula is C15H26N2O3S. The van der Waals surface area contributed by atoms with Gasteiger partial charge in [0, 0.05) is 12.3 Å². The van der Waals surface area contributed by atoms with Crippen LogP contribution in [0.4, 0.5) is 0 Å². The second kappa shape index (κ2) is 6.57. The molecule has 3 unspecified atom stereocenters. The first kappa shape index (κ1) is 16.6. The number of thioether (sulfide) groups is 1. The van der Waals surface area contributed by atoms with E-state index in [2.05, 4.69) is 26.1 Å². The van der Waals surface area contributed by atoms with Gasteiger partial charge in [0.1, 0.15) is 6.04 Å². The molecule has 0 aromatic carbocycles. The first-order valence-corrected chi connectivity index (χ1v) is 8.85. The van der Waals surface area contributed by atoms with Crippen LogP contribution in [0.1, 0.15) is 40.0 Å². The molecule has 2 aliphatic heterocycles. The lowest BCUT2D eigenvalue weighted by atomic mass is 9.80. The number of carbonyl (C=O) groups is 2. The van der Waals surface area contributed by atoms with E-state index in [-0.39, 0.29) is 17.2 Å². The molecule has 2 rings (SSSR count). The van der Waals surface area contributed by atoms with Gasteiger partial charge < -0.3 is 15.3 Å². The first-order chi connectivity index (χ1) is 9.93. The van der Waals surface area contributed by atoms with Gasteiger partial charge in [0.2, 0.25) is 5.91 Å². The van der Waals surface area contributed by atoms with Crippen molar-refractivity contribution < 1.29 is 14.7 Å². The molecule has 6 heteroatoms. The van der Waals surface area contributed by atoms with E-state index < -0.39 is 17.4 Å².